The Morgan fingerprint density at radius 2 is 2.19 bits per heavy atom. The van der Waals surface area contributed by atoms with Gasteiger partial charge in [0.1, 0.15) is 0 Å². The molecule has 5 nitrogen and oxygen atoms in total. The van der Waals surface area contributed by atoms with Gasteiger partial charge in [-0.05, 0) is 44.9 Å². The molecule has 7 heteroatoms. The second kappa shape index (κ2) is 10.7. The van der Waals surface area contributed by atoms with Crippen molar-refractivity contribution >= 4 is 20.8 Å². The lowest BCUT2D eigenvalue weighted by atomic mass is 10.00. The summed E-state index contributed by atoms with van der Waals surface area (Å²) in [6.07, 6.45) is 5.08. The van der Waals surface area contributed by atoms with Crippen molar-refractivity contribution in [3.8, 4) is 0 Å². The SMILES string of the molecule is C=CC(=O)NCCCCNC1CN(c2cc(C)nc(C(F)P)c2CCC)C1. The van der Waals surface area contributed by atoms with E-state index in [1.807, 2.05) is 6.92 Å². The van der Waals surface area contributed by atoms with Gasteiger partial charge in [-0.1, -0.05) is 29.2 Å². The topological polar surface area (TPSA) is 57.3 Å². The fraction of sp³-hybridized carbons (Fsp3) is 0.600. The van der Waals surface area contributed by atoms with Gasteiger partial charge in [0, 0.05) is 42.6 Å². The van der Waals surface area contributed by atoms with Crippen LogP contribution in [-0.2, 0) is 11.2 Å². The van der Waals surface area contributed by atoms with E-state index in [4.69, 9.17) is 0 Å². The Morgan fingerprint density at radius 3 is 2.81 bits per heavy atom. The molecule has 0 saturated carbocycles. The van der Waals surface area contributed by atoms with E-state index < -0.39 is 5.91 Å². The van der Waals surface area contributed by atoms with E-state index >= 15 is 0 Å². The van der Waals surface area contributed by atoms with Crippen LogP contribution in [0.1, 0.15) is 49.1 Å². The van der Waals surface area contributed by atoms with Crippen molar-refractivity contribution in [1.82, 2.24) is 15.6 Å². The first-order valence-electron chi connectivity index (χ1n) is 9.74. The van der Waals surface area contributed by atoms with Crippen molar-refractivity contribution in [1.29, 1.82) is 0 Å². The number of hydrogen-bond acceptors (Lipinski definition) is 4. The molecular formula is C20H32FN4OP. The summed E-state index contributed by atoms with van der Waals surface area (Å²) >= 11 is 0. The number of alkyl halides is 1. The Hall–Kier alpha value is -1.52. The number of unbranched alkanes of at least 4 members (excludes halogenated alkanes) is 1. The molecule has 2 atom stereocenters. The van der Waals surface area contributed by atoms with E-state index in [1.165, 1.54) is 6.08 Å². The highest BCUT2D eigenvalue weighted by molar-refractivity contribution is 7.16. The van der Waals surface area contributed by atoms with Crippen LogP contribution in [0.3, 0.4) is 0 Å². The quantitative estimate of drug-likeness (QED) is 0.344. The van der Waals surface area contributed by atoms with E-state index in [-0.39, 0.29) is 5.91 Å². The van der Waals surface area contributed by atoms with Gasteiger partial charge >= 0.3 is 0 Å². The summed E-state index contributed by atoms with van der Waals surface area (Å²) < 4.78 is 14.0. The monoisotopic (exact) mass is 394 g/mol. The van der Waals surface area contributed by atoms with Gasteiger partial charge in [-0.2, -0.15) is 0 Å². The van der Waals surface area contributed by atoms with E-state index in [0.29, 0.717) is 18.3 Å². The van der Waals surface area contributed by atoms with Crippen LogP contribution in [0.25, 0.3) is 0 Å². The standard InChI is InChI=1S/C20H32FN4OP/c1-4-8-16-17(11-14(3)24-19(16)20(21)27)25-12-15(13-25)22-9-6-7-10-23-18(26)5-2/h5,11,15,20,22H,2,4,6-10,12-13,27H2,1,3H3,(H,23,26). The molecule has 150 valence electrons. The molecule has 27 heavy (non-hydrogen) atoms. The third kappa shape index (κ3) is 6.25. The Kier molecular flexibility index (Phi) is 8.65. The molecule has 2 rings (SSSR count). The zero-order valence-electron chi connectivity index (χ0n) is 16.4. The number of nitrogens with one attached hydrogen (secondary N) is 2. The number of rotatable bonds is 11. The molecule has 0 aromatic carbocycles. The minimum atomic E-state index is -1.12. The molecule has 1 aliphatic heterocycles. The van der Waals surface area contributed by atoms with Gasteiger partial charge in [-0.15, -0.1) is 0 Å². The van der Waals surface area contributed by atoms with Crippen LogP contribution >= 0.6 is 9.24 Å². The second-order valence-electron chi connectivity index (χ2n) is 7.06. The maximum absolute atomic E-state index is 14.0. The number of halogens is 1. The van der Waals surface area contributed by atoms with Gasteiger partial charge < -0.3 is 15.5 Å². The number of aryl methyl sites for hydroxylation is 1. The van der Waals surface area contributed by atoms with Gasteiger partial charge in [-0.25, -0.2) is 4.39 Å². The number of carbonyl (C=O) groups is 1. The van der Waals surface area contributed by atoms with Crippen molar-refractivity contribution in [2.45, 2.75) is 51.5 Å². The van der Waals surface area contributed by atoms with Crippen molar-refractivity contribution in [2.24, 2.45) is 0 Å². The number of hydrogen-bond donors (Lipinski definition) is 2. The van der Waals surface area contributed by atoms with E-state index in [9.17, 15) is 9.18 Å². The Bertz CT molecular complexity index is 647. The Balaban J connectivity index is 1.81. The number of amides is 1. The fourth-order valence-corrected chi connectivity index (χ4v) is 3.64. The highest BCUT2D eigenvalue weighted by Crippen LogP contribution is 2.35. The molecule has 1 aliphatic rings. The molecule has 2 N–H and O–H groups in total. The summed E-state index contributed by atoms with van der Waals surface area (Å²) in [6.45, 7) is 11.0. The summed E-state index contributed by atoms with van der Waals surface area (Å²) in [7, 11) is 2.23. The van der Waals surface area contributed by atoms with E-state index in [0.717, 1.165) is 62.3 Å². The largest absolute Gasteiger partial charge is 0.368 e. The van der Waals surface area contributed by atoms with Gasteiger partial charge in [0.15, 0.2) is 5.91 Å². The van der Waals surface area contributed by atoms with Gasteiger partial charge in [0.2, 0.25) is 5.91 Å². The summed E-state index contributed by atoms with van der Waals surface area (Å²) in [4.78, 5) is 17.8. The lowest BCUT2D eigenvalue weighted by molar-refractivity contribution is -0.116. The lowest BCUT2D eigenvalue weighted by Gasteiger charge is -2.43. The van der Waals surface area contributed by atoms with Crippen LogP contribution in [-0.4, -0.2) is 43.1 Å². The second-order valence-corrected chi connectivity index (χ2v) is 7.64. The maximum atomic E-state index is 14.0. The van der Waals surface area contributed by atoms with Crippen molar-refractivity contribution in [3.05, 3.63) is 35.7 Å². The zero-order valence-corrected chi connectivity index (χ0v) is 17.6. The molecule has 1 amide bonds. The molecule has 2 unspecified atom stereocenters. The molecule has 1 fully saturated rings. The Labute approximate surface area is 164 Å². The van der Waals surface area contributed by atoms with Gasteiger partial charge in [0.25, 0.3) is 0 Å². The number of pyridine rings is 1. The van der Waals surface area contributed by atoms with Crippen molar-refractivity contribution < 1.29 is 9.18 Å². The zero-order chi connectivity index (χ0) is 19.8. The Morgan fingerprint density at radius 1 is 1.48 bits per heavy atom. The molecule has 1 saturated heterocycles. The van der Waals surface area contributed by atoms with Crippen LogP contribution < -0.4 is 15.5 Å². The summed E-state index contributed by atoms with van der Waals surface area (Å²) in [6, 6.07) is 2.54. The van der Waals surface area contributed by atoms with Crippen LogP contribution in [0.4, 0.5) is 10.1 Å². The molecule has 0 radical (unpaired) electrons. The molecule has 2 heterocycles. The number of nitrogens with zero attached hydrogens (tertiary/aromatic N) is 2. The van der Waals surface area contributed by atoms with Crippen molar-refractivity contribution in [2.75, 3.05) is 31.1 Å². The van der Waals surface area contributed by atoms with Gasteiger partial charge in [0.05, 0.1) is 5.69 Å². The first-order valence-corrected chi connectivity index (χ1v) is 10.4. The van der Waals surface area contributed by atoms with Crippen LogP contribution in [0, 0.1) is 6.92 Å². The van der Waals surface area contributed by atoms with Gasteiger partial charge in [-0.3, -0.25) is 9.78 Å². The maximum Gasteiger partial charge on any atom is 0.243 e. The first kappa shape index (κ1) is 21.8. The molecule has 0 bridgehead atoms. The molecule has 0 aliphatic carbocycles. The number of carbonyl (C=O) groups excluding carboxylic acids is 1. The van der Waals surface area contributed by atoms with E-state index in [2.05, 4.69) is 49.3 Å². The number of anilines is 1. The molecule has 0 spiro atoms. The van der Waals surface area contributed by atoms with Crippen LogP contribution in [0.15, 0.2) is 18.7 Å². The fourth-order valence-electron chi connectivity index (χ4n) is 3.37. The summed E-state index contributed by atoms with van der Waals surface area (Å²) in [5.74, 6) is -1.24. The summed E-state index contributed by atoms with van der Waals surface area (Å²) in [5.41, 5.74) is 3.61. The average Bonchev–Trinajstić information content (AvgIpc) is 2.60. The lowest BCUT2D eigenvalue weighted by Crippen LogP contribution is -2.58. The van der Waals surface area contributed by atoms with Crippen LogP contribution in [0.2, 0.25) is 0 Å². The predicted molar refractivity (Wildman–Crippen MR) is 113 cm³/mol. The first-order chi connectivity index (χ1) is 13.0. The summed E-state index contributed by atoms with van der Waals surface area (Å²) in [5, 5.41) is 6.34. The molecular weight excluding hydrogens is 362 g/mol. The number of aromatic nitrogens is 1. The average molecular weight is 394 g/mol. The van der Waals surface area contributed by atoms with E-state index in [1.54, 1.807) is 0 Å². The smallest absolute Gasteiger partial charge is 0.243 e. The minimum absolute atomic E-state index is 0.117. The molecule has 1 aromatic rings. The minimum Gasteiger partial charge on any atom is -0.368 e. The third-order valence-corrected chi connectivity index (χ3v) is 5.08. The molecule has 1 aromatic heterocycles. The third-order valence-electron chi connectivity index (χ3n) is 4.77. The highest BCUT2D eigenvalue weighted by atomic mass is 31.0. The normalized spacial score (nSPS) is 15.3. The van der Waals surface area contributed by atoms with Crippen molar-refractivity contribution in [3.63, 3.8) is 0 Å². The van der Waals surface area contributed by atoms with Crippen LogP contribution in [0.5, 0.6) is 0 Å². The predicted octanol–water partition coefficient (Wildman–Crippen LogP) is 3.05. The highest BCUT2D eigenvalue weighted by Gasteiger charge is 2.29.